The molecule has 14 heavy (non-hydrogen) atoms. The van der Waals surface area contributed by atoms with Crippen LogP contribution in [0.25, 0.3) is 0 Å². The van der Waals surface area contributed by atoms with Crippen molar-refractivity contribution in [2.45, 2.75) is 0 Å². The Labute approximate surface area is 90.3 Å². The molecule has 2 N–H and O–H groups in total. The van der Waals surface area contributed by atoms with Gasteiger partial charge in [-0.2, -0.15) is 0 Å². The lowest BCUT2D eigenvalue weighted by atomic mass is 10.1. The lowest BCUT2D eigenvalue weighted by Gasteiger charge is -2.01. The second-order valence-corrected chi connectivity index (χ2v) is 5.18. The lowest BCUT2D eigenvalue weighted by molar-refractivity contribution is 0.102. The maximum Gasteiger partial charge on any atom is 0.216 e. The molecule has 0 atom stereocenters. The Hall–Kier alpha value is -0.720. The molecule has 0 saturated carbocycles. The van der Waals surface area contributed by atoms with Crippen molar-refractivity contribution in [3.8, 4) is 0 Å². The van der Waals surface area contributed by atoms with E-state index in [0.29, 0.717) is 10.0 Å². The molecular formula is C8H8BrNO3S. The monoisotopic (exact) mass is 277 g/mol. The summed E-state index contributed by atoms with van der Waals surface area (Å²) < 4.78 is 21.9. The van der Waals surface area contributed by atoms with E-state index in [1.807, 2.05) is 0 Å². The van der Waals surface area contributed by atoms with Crippen LogP contribution in [0.5, 0.6) is 0 Å². The number of benzene rings is 1. The molecule has 1 aromatic carbocycles. The quantitative estimate of drug-likeness (QED) is 0.835. The van der Waals surface area contributed by atoms with Crippen LogP contribution < -0.4 is 5.14 Å². The Bertz CT molecular complexity index is 455. The van der Waals surface area contributed by atoms with Gasteiger partial charge < -0.3 is 0 Å². The van der Waals surface area contributed by atoms with E-state index in [1.165, 1.54) is 6.07 Å². The molecular weight excluding hydrogens is 270 g/mol. The first-order valence-corrected chi connectivity index (χ1v) is 6.19. The fourth-order valence-corrected chi connectivity index (χ4v) is 1.97. The topological polar surface area (TPSA) is 77.2 Å². The van der Waals surface area contributed by atoms with Crippen molar-refractivity contribution in [3.05, 3.63) is 34.3 Å². The Morgan fingerprint density at radius 3 is 2.43 bits per heavy atom. The van der Waals surface area contributed by atoms with E-state index in [4.69, 9.17) is 5.14 Å². The predicted octanol–water partition coefficient (Wildman–Crippen LogP) is 0.920. The molecule has 0 aliphatic carbocycles. The van der Waals surface area contributed by atoms with Crippen molar-refractivity contribution in [3.63, 3.8) is 0 Å². The minimum absolute atomic E-state index is 0.321. The number of carbonyl (C=O) groups is 1. The molecule has 1 rings (SSSR count). The molecule has 0 amide bonds. The van der Waals surface area contributed by atoms with Crippen LogP contribution in [0.1, 0.15) is 10.4 Å². The Kier molecular flexibility index (Phi) is 3.41. The van der Waals surface area contributed by atoms with Crippen molar-refractivity contribution >= 4 is 31.7 Å². The summed E-state index contributed by atoms with van der Waals surface area (Å²) in [7, 11) is -3.76. The van der Waals surface area contributed by atoms with Gasteiger partial charge in [-0.05, 0) is 6.07 Å². The Balaban J connectivity index is 2.97. The van der Waals surface area contributed by atoms with Crippen LogP contribution in [0, 0.1) is 0 Å². The SMILES string of the molecule is NS(=O)(=O)CC(=O)c1ccccc1Br. The normalized spacial score (nSPS) is 11.3. The van der Waals surface area contributed by atoms with Crippen LogP contribution >= 0.6 is 15.9 Å². The third-order valence-electron chi connectivity index (χ3n) is 1.51. The summed E-state index contributed by atoms with van der Waals surface area (Å²) in [6.45, 7) is 0. The minimum atomic E-state index is -3.76. The third kappa shape index (κ3) is 3.21. The van der Waals surface area contributed by atoms with Crippen molar-refractivity contribution < 1.29 is 13.2 Å². The molecule has 4 nitrogen and oxygen atoms in total. The zero-order chi connectivity index (χ0) is 10.8. The molecule has 76 valence electrons. The highest BCUT2D eigenvalue weighted by Crippen LogP contribution is 2.16. The summed E-state index contributed by atoms with van der Waals surface area (Å²) in [6.07, 6.45) is 0. The van der Waals surface area contributed by atoms with Crippen LogP contribution in [0.3, 0.4) is 0 Å². The largest absolute Gasteiger partial charge is 0.293 e. The predicted molar refractivity (Wildman–Crippen MR) is 56.4 cm³/mol. The number of ketones is 1. The van der Waals surface area contributed by atoms with Gasteiger partial charge in [0.05, 0.1) is 0 Å². The van der Waals surface area contributed by atoms with Gasteiger partial charge in [0.25, 0.3) is 0 Å². The van der Waals surface area contributed by atoms with E-state index >= 15 is 0 Å². The van der Waals surface area contributed by atoms with Crippen molar-refractivity contribution in [1.82, 2.24) is 0 Å². The van der Waals surface area contributed by atoms with Crippen LogP contribution in [0.15, 0.2) is 28.7 Å². The molecule has 0 unspecified atom stereocenters. The third-order valence-corrected chi connectivity index (χ3v) is 2.86. The average molecular weight is 278 g/mol. The smallest absolute Gasteiger partial charge is 0.216 e. The summed E-state index contributed by atoms with van der Waals surface area (Å²) in [5.41, 5.74) is 0.321. The van der Waals surface area contributed by atoms with Gasteiger partial charge in [-0.25, -0.2) is 13.6 Å². The maximum atomic E-state index is 11.4. The van der Waals surface area contributed by atoms with E-state index in [9.17, 15) is 13.2 Å². The molecule has 0 radical (unpaired) electrons. The van der Waals surface area contributed by atoms with Crippen molar-refractivity contribution in [1.29, 1.82) is 0 Å². The maximum absolute atomic E-state index is 11.4. The van der Waals surface area contributed by atoms with E-state index in [-0.39, 0.29) is 0 Å². The molecule has 0 fully saturated rings. The molecule has 0 aliphatic rings. The van der Waals surface area contributed by atoms with Gasteiger partial charge >= 0.3 is 0 Å². The number of sulfonamides is 1. The van der Waals surface area contributed by atoms with Crippen molar-refractivity contribution in [2.24, 2.45) is 5.14 Å². The number of hydrogen-bond donors (Lipinski definition) is 1. The first-order chi connectivity index (χ1) is 6.40. The van der Waals surface area contributed by atoms with Crippen LogP contribution in [0.2, 0.25) is 0 Å². The average Bonchev–Trinajstić information content (AvgIpc) is 2.01. The fourth-order valence-electron chi connectivity index (χ4n) is 0.948. The van der Waals surface area contributed by atoms with Crippen LogP contribution in [-0.4, -0.2) is 20.0 Å². The highest BCUT2D eigenvalue weighted by atomic mass is 79.9. The number of nitrogens with two attached hydrogens (primary N) is 1. The van der Waals surface area contributed by atoms with E-state index in [2.05, 4.69) is 15.9 Å². The van der Waals surface area contributed by atoms with Gasteiger partial charge in [-0.1, -0.05) is 34.1 Å². The summed E-state index contributed by atoms with van der Waals surface area (Å²) in [6, 6.07) is 6.59. The van der Waals surface area contributed by atoms with Crippen molar-refractivity contribution in [2.75, 3.05) is 5.75 Å². The summed E-state index contributed by atoms with van der Waals surface area (Å²) in [5.74, 6) is -1.18. The van der Waals surface area contributed by atoms with Gasteiger partial charge in [0.2, 0.25) is 10.0 Å². The second kappa shape index (κ2) is 4.20. The number of primary sulfonamides is 1. The molecule has 1 aromatic rings. The number of Topliss-reactive ketones (excluding diaryl/α,β-unsaturated/α-hetero) is 1. The standard InChI is InChI=1S/C8H8BrNO3S/c9-7-4-2-1-3-6(7)8(11)5-14(10,12)13/h1-4H,5H2,(H2,10,12,13). The first kappa shape index (κ1) is 11.4. The van der Waals surface area contributed by atoms with Gasteiger partial charge in [-0.15, -0.1) is 0 Å². The van der Waals surface area contributed by atoms with Gasteiger partial charge in [-0.3, -0.25) is 4.79 Å². The fraction of sp³-hybridized carbons (Fsp3) is 0.125. The van der Waals surface area contributed by atoms with Crippen LogP contribution in [0.4, 0.5) is 0 Å². The molecule has 0 aliphatic heterocycles. The highest BCUT2D eigenvalue weighted by molar-refractivity contribution is 9.10. The van der Waals surface area contributed by atoms with E-state index < -0.39 is 21.6 Å². The number of rotatable bonds is 3. The molecule has 0 bridgehead atoms. The Morgan fingerprint density at radius 1 is 1.36 bits per heavy atom. The number of halogens is 1. The van der Waals surface area contributed by atoms with Gasteiger partial charge in [0, 0.05) is 10.0 Å². The lowest BCUT2D eigenvalue weighted by Crippen LogP contribution is -2.23. The zero-order valence-corrected chi connectivity index (χ0v) is 9.51. The second-order valence-electron chi connectivity index (χ2n) is 2.71. The molecule has 0 aromatic heterocycles. The minimum Gasteiger partial charge on any atom is -0.293 e. The number of hydrogen-bond acceptors (Lipinski definition) is 3. The number of carbonyl (C=O) groups excluding carboxylic acids is 1. The Morgan fingerprint density at radius 2 is 1.93 bits per heavy atom. The summed E-state index contributed by atoms with van der Waals surface area (Å²) in [4.78, 5) is 11.4. The molecule has 0 spiro atoms. The van der Waals surface area contributed by atoms with Gasteiger partial charge in [0.15, 0.2) is 5.78 Å². The molecule has 0 saturated heterocycles. The summed E-state index contributed by atoms with van der Waals surface area (Å²) in [5, 5.41) is 4.76. The van der Waals surface area contributed by atoms with E-state index in [0.717, 1.165) is 0 Å². The van der Waals surface area contributed by atoms with Gasteiger partial charge in [0.1, 0.15) is 5.75 Å². The molecule has 0 heterocycles. The summed E-state index contributed by atoms with van der Waals surface area (Å²) >= 11 is 3.15. The first-order valence-electron chi connectivity index (χ1n) is 3.68. The highest BCUT2D eigenvalue weighted by Gasteiger charge is 2.15. The zero-order valence-electron chi connectivity index (χ0n) is 7.10. The molecule has 6 heteroatoms. The van der Waals surface area contributed by atoms with Crippen LogP contribution in [-0.2, 0) is 10.0 Å². The van der Waals surface area contributed by atoms with E-state index in [1.54, 1.807) is 18.2 Å².